The Morgan fingerprint density at radius 2 is 1.89 bits per heavy atom. The zero-order valence-corrected chi connectivity index (χ0v) is 12.0. The summed E-state index contributed by atoms with van der Waals surface area (Å²) in [5.74, 6) is 0.658. The molecule has 0 saturated heterocycles. The minimum absolute atomic E-state index is 0.00159. The lowest BCUT2D eigenvalue weighted by atomic mass is 10.0. The zero-order valence-electron chi connectivity index (χ0n) is 12.0. The van der Waals surface area contributed by atoms with Crippen molar-refractivity contribution in [1.82, 2.24) is 9.78 Å². The predicted molar refractivity (Wildman–Crippen MR) is 77.2 cm³/mol. The maximum atomic E-state index is 11.3. The third kappa shape index (κ3) is 3.11. The number of hydrogen-bond acceptors (Lipinski definition) is 2. The molecule has 0 aliphatic heterocycles. The molecule has 1 heterocycles. The van der Waals surface area contributed by atoms with Gasteiger partial charge in [0.15, 0.2) is 5.78 Å². The van der Waals surface area contributed by atoms with Crippen molar-refractivity contribution in [3.63, 3.8) is 0 Å². The van der Waals surface area contributed by atoms with E-state index in [9.17, 15) is 4.79 Å². The van der Waals surface area contributed by atoms with Gasteiger partial charge in [-0.15, -0.1) is 0 Å². The van der Waals surface area contributed by atoms with Crippen molar-refractivity contribution >= 4 is 5.78 Å². The Bertz CT molecular complexity index is 579. The van der Waals surface area contributed by atoms with Crippen LogP contribution in [0, 0.1) is 5.92 Å². The molecule has 0 radical (unpaired) electrons. The van der Waals surface area contributed by atoms with E-state index < -0.39 is 0 Å². The highest BCUT2D eigenvalue weighted by Gasteiger charge is 2.10. The highest BCUT2D eigenvalue weighted by atomic mass is 16.1. The standard InChI is InChI=1S/C16H20N2O/c1-11(2)9-13-5-7-14(8-6-13)16-10-15(12(3)19)17-18(16)4/h5-8,10-11H,9H2,1-4H3. The van der Waals surface area contributed by atoms with Crippen LogP contribution < -0.4 is 0 Å². The van der Waals surface area contributed by atoms with E-state index >= 15 is 0 Å². The molecule has 100 valence electrons. The average molecular weight is 256 g/mol. The lowest BCUT2D eigenvalue weighted by Crippen LogP contribution is -1.97. The molecule has 0 saturated carbocycles. The quantitative estimate of drug-likeness (QED) is 0.785. The first-order valence-corrected chi connectivity index (χ1v) is 6.61. The van der Waals surface area contributed by atoms with Crippen LogP contribution in [0.25, 0.3) is 11.3 Å². The number of Topliss-reactive ketones (excluding diaryl/α,β-unsaturated/α-hetero) is 1. The van der Waals surface area contributed by atoms with Crippen LogP contribution in [0.1, 0.15) is 36.8 Å². The Balaban J connectivity index is 2.29. The minimum Gasteiger partial charge on any atom is -0.293 e. The van der Waals surface area contributed by atoms with Crippen molar-refractivity contribution in [2.24, 2.45) is 13.0 Å². The van der Waals surface area contributed by atoms with Crippen molar-refractivity contribution in [1.29, 1.82) is 0 Å². The predicted octanol–water partition coefficient (Wildman–Crippen LogP) is 3.49. The van der Waals surface area contributed by atoms with Crippen LogP contribution >= 0.6 is 0 Å². The second-order valence-corrected chi connectivity index (χ2v) is 5.39. The molecule has 3 nitrogen and oxygen atoms in total. The van der Waals surface area contributed by atoms with Crippen LogP contribution in [0.3, 0.4) is 0 Å². The molecule has 0 aliphatic rings. The minimum atomic E-state index is -0.00159. The van der Waals surface area contributed by atoms with E-state index in [1.54, 1.807) is 4.68 Å². The summed E-state index contributed by atoms with van der Waals surface area (Å²) in [7, 11) is 1.86. The van der Waals surface area contributed by atoms with Crippen LogP contribution in [-0.2, 0) is 13.5 Å². The van der Waals surface area contributed by atoms with Gasteiger partial charge < -0.3 is 0 Å². The van der Waals surface area contributed by atoms with Gasteiger partial charge in [-0.2, -0.15) is 5.10 Å². The maximum Gasteiger partial charge on any atom is 0.180 e. The first-order valence-electron chi connectivity index (χ1n) is 6.61. The van der Waals surface area contributed by atoms with Gasteiger partial charge in [-0.05, 0) is 29.5 Å². The van der Waals surface area contributed by atoms with E-state index in [1.807, 2.05) is 13.1 Å². The number of benzene rings is 1. The Kier molecular flexibility index (Phi) is 3.84. The van der Waals surface area contributed by atoms with Gasteiger partial charge in [0.25, 0.3) is 0 Å². The molecule has 2 rings (SSSR count). The SMILES string of the molecule is CC(=O)c1cc(-c2ccc(CC(C)C)cc2)n(C)n1. The molecule has 0 aliphatic carbocycles. The van der Waals surface area contributed by atoms with E-state index in [0.29, 0.717) is 11.6 Å². The van der Waals surface area contributed by atoms with E-state index in [4.69, 9.17) is 0 Å². The lowest BCUT2D eigenvalue weighted by molar-refractivity contribution is 0.101. The van der Waals surface area contributed by atoms with Crippen molar-refractivity contribution < 1.29 is 4.79 Å². The Morgan fingerprint density at radius 1 is 1.26 bits per heavy atom. The summed E-state index contributed by atoms with van der Waals surface area (Å²) in [6, 6.07) is 10.3. The van der Waals surface area contributed by atoms with Gasteiger partial charge in [0, 0.05) is 14.0 Å². The molecular formula is C16H20N2O. The molecule has 0 N–H and O–H groups in total. The van der Waals surface area contributed by atoms with Crippen molar-refractivity contribution in [3.05, 3.63) is 41.6 Å². The van der Waals surface area contributed by atoms with Crippen molar-refractivity contribution in [2.75, 3.05) is 0 Å². The number of carbonyl (C=O) groups is 1. The third-order valence-electron chi connectivity index (χ3n) is 3.13. The summed E-state index contributed by atoms with van der Waals surface area (Å²) in [5.41, 5.74) is 3.92. The van der Waals surface area contributed by atoms with E-state index in [2.05, 4.69) is 43.2 Å². The third-order valence-corrected chi connectivity index (χ3v) is 3.13. The van der Waals surface area contributed by atoms with Crippen LogP contribution in [0.5, 0.6) is 0 Å². The van der Waals surface area contributed by atoms with Gasteiger partial charge in [0.05, 0.1) is 5.69 Å². The van der Waals surface area contributed by atoms with Crippen LogP contribution in [0.15, 0.2) is 30.3 Å². The van der Waals surface area contributed by atoms with Crippen molar-refractivity contribution in [2.45, 2.75) is 27.2 Å². The first-order chi connectivity index (χ1) is 8.97. The molecule has 2 aromatic rings. The van der Waals surface area contributed by atoms with Gasteiger partial charge in [0.1, 0.15) is 5.69 Å². The second kappa shape index (κ2) is 5.39. The average Bonchev–Trinajstić information content (AvgIpc) is 2.72. The number of nitrogens with zero attached hydrogens (tertiary/aromatic N) is 2. The molecule has 0 spiro atoms. The highest BCUT2D eigenvalue weighted by molar-refractivity contribution is 5.93. The fourth-order valence-corrected chi connectivity index (χ4v) is 2.19. The molecular weight excluding hydrogens is 236 g/mol. The Hall–Kier alpha value is -1.90. The van der Waals surface area contributed by atoms with Gasteiger partial charge >= 0.3 is 0 Å². The summed E-state index contributed by atoms with van der Waals surface area (Å²) in [6.07, 6.45) is 1.09. The molecule has 0 amide bonds. The number of rotatable bonds is 4. The van der Waals surface area contributed by atoms with Crippen LogP contribution in [0.2, 0.25) is 0 Å². The summed E-state index contributed by atoms with van der Waals surface area (Å²) < 4.78 is 1.76. The smallest absolute Gasteiger partial charge is 0.180 e. The summed E-state index contributed by atoms with van der Waals surface area (Å²) >= 11 is 0. The lowest BCUT2D eigenvalue weighted by Gasteiger charge is -2.06. The normalized spacial score (nSPS) is 11.0. The molecule has 1 aromatic carbocycles. The molecule has 3 heteroatoms. The number of aromatic nitrogens is 2. The second-order valence-electron chi connectivity index (χ2n) is 5.39. The zero-order chi connectivity index (χ0) is 14.0. The van der Waals surface area contributed by atoms with Gasteiger partial charge in [-0.25, -0.2) is 0 Å². The molecule has 0 bridgehead atoms. The molecule has 0 unspecified atom stereocenters. The van der Waals surface area contributed by atoms with Gasteiger partial charge in [-0.3, -0.25) is 9.48 Å². The first kappa shape index (κ1) is 13.5. The summed E-state index contributed by atoms with van der Waals surface area (Å²) in [6.45, 7) is 5.97. The molecule has 0 fully saturated rings. The molecule has 1 aromatic heterocycles. The largest absolute Gasteiger partial charge is 0.293 e. The fourth-order valence-electron chi connectivity index (χ4n) is 2.19. The maximum absolute atomic E-state index is 11.3. The van der Waals surface area contributed by atoms with Crippen molar-refractivity contribution in [3.8, 4) is 11.3 Å². The number of ketones is 1. The highest BCUT2D eigenvalue weighted by Crippen LogP contribution is 2.21. The number of carbonyl (C=O) groups excluding carboxylic acids is 1. The Morgan fingerprint density at radius 3 is 2.37 bits per heavy atom. The summed E-state index contributed by atoms with van der Waals surface area (Å²) in [5, 5.41) is 4.22. The van der Waals surface area contributed by atoms with E-state index in [0.717, 1.165) is 17.7 Å². The van der Waals surface area contributed by atoms with Gasteiger partial charge in [0.2, 0.25) is 0 Å². The molecule has 0 atom stereocenters. The number of aryl methyl sites for hydroxylation is 1. The van der Waals surface area contributed by atoms with Crippen LogP contribution in [-0.4, -0.2) is 15.6 Å². The fraction of sp³-hybridized carbons (Fsp3) is 0.375. The van der Waals surface area contributed by atoms with Crippen LogP contribution in [0.4, 0.5) is 0 Å². The Labute approximate surface area is 114 Å². The topological polar surface area (TPSA) is 34.9 Å². The van der Waals surface area contributed by atoms with Gasteiger partial charge in [-0.1, -0.05) is 38.1 Å². The number of hydrogen-bond donors (Lipinski definition) is 0. The molecule has 19 heavy (non-hydrogen) atoms. The van der Waals surface area contributed by atoms with E-state index in [-0.39, 0.29) is 5.78 Å². The monoisotopic (exact) mass is 256 g/mol. The summed E-state index contributed by atoms with van der Waals surface area (Å²) in [4.78, 5) is 11.3. The van der Waals surface area contributed by atoms with E-state index in [1.165, 1.54) is 12.5 Å².